The number of fused-ring (bicyclic) bond motifs is 2. The van der Waals surface area contributed by atoms with Crippen LogP contribution in [0.3, 0.4) is 0 Å². The fraction of sp³-hybridized carbons (Fsp3) is 0.435. The summed E-state index contributed by atoms with van der Waals surface area (Å²) in [5, 5.41) is 8.54. The molecule has 2 amide bonds. The summed E-state index contributed by atoms with van der Waals surface area (Å²) in [6.45, 7) is 1.82. The van der Waals surface area contributed by atoms with Crippen LogP contribution in [0.2, 0.25) is 5.02 Å². The number of rotatable bonds is 4. The van der Waals surface area contributed by atoms with Gasteiger partial charge in [-0.2, -0.15) is 0 Å². The van der Waals surface area contributed by atoms with Crippen LogP contribution in [0.5, 0.6) is 0 Å². The molecule has 10 heteroatoms. The summed E-state index contributed by atoms with van der Waals surface area (Å²) in [5.74, 6) is -0.226. The van der Waals surface area contributed by atoms with Crippen LogP contribution in [-0.4, -0.2) is 47.4 Å². The van der Waals surface area contributed by atoms with Gasteiger partial charge >= 0.3 is 0 Å². The van der Waals surface area contributed by atoms with E-state index < -0.39 is 0 Å². The quantitative estimate of drug-likeness (QED) is 0.509. The minimum Gasteiger partial charge on any atom is -0.347 e. The number of hydrogen-bond donors (Lipinski definition) is 2. The Kier molecular flexibility index (Phi) is 7.60. The SMILES string of the molecule is CN1CCc2nc(C(=O)NC3CCCCC3NC(=O)c3cc4ccc(Cl)cc4s3)sc2C1.Cl. The zero-order chi connectivity index (χ0) is 22.2. The average molecular weight is 526 g/mol. The van der Waals surface area contributed by atoms with E-state index in [1.165, 1.54) is 27.6 Å². The molecule has 1 aliphatic carbocycles. The van der Waals surface area contributed by atoms with Crippen LogP contribution >= 0.6 is 46.7 Å². The fourth-order valence-electron chi connectivity index (χ4n) is 4.48. The summed E-state index contributed by atoms with van der Waals surface area (Å²) in [7, 11) is 2.09. The van der Waals surface area contributed by atoms with E-state index in [4.69, 9.17) is 11.6 Å². The number of halogens is 2. The third kappa shape index (κ3) is 5.35. The Labute approximate surface area is 212 Å². The molecular formula is C23H26Cl2N4O2S2. The van der Waals surface area contributed by atoms with Gasteiger partial charge in [-0.15, -0.1) is 35.1 Å². The van der Waals surface area contributed by atoms with Crippen molar-refractivity contribution in [2.45, 2.75) is 50.7 Å². The highest BCUT2D eigenvalue weighted by Gasteiger charge is 2.30. The molecule has 33 heavy (non-hydrogen) atoms. The van der Waals surface area contributed by atoms with Crippen molar-refractivity contribution in [1.29, 1.82) is 0 Å². The topological polar surface area (TPSA) is 74.3 Å². The van der Waals surface area contributed by atoms with Gasteiger partial charge in [0, 0.05) is 46.2 Å². The Balaban J connectivity index is 0.00000259. The van der Waals surface area contributed by atoms with E-state index in [2.05, 4.69) is 27.6 Å². The molecule has 2 N–H and O–H groups in total. The summed E-state index contributed by atoms with van der Waals surface area (Å²) in [6.07, 6.45) is 4.67. The molecule has 176 valence electrons. The summed E-state index contributed by atoms with van der Waals surface area (Å²) >= 11 is 9.01. The maximum Gasteiger partial charge on any atom is 0.280 e. The summed E-state index contributed by atoms with van der Waals surface area (Å²) < 4.78 is 0.995. The Morgan fingerprint density at radius 1 is 1.09 bits per heavy atom. The third-order valence-electron chi connectivity index (χ3n) is 6.22. The molecular weight excluding hydrogens is 499 g/mol. The first-order valence-corrected chi connectivity index (χ1v) is 13.0. The Bertz CT molecular complexity index is 1180. The summed E-state index contributed by atoms with van der Waals surface area (Å²) in [4.78, 5) is 34.6. The van der Waals surface area contributed by atoms with E-state index in [1.807, 2.05) is 24.3 Å². The molecule has 6 nitrogen and oxygen atoms in total. The van der Waals surface area contributed by atoms with Crippen molar-refractivity contribution in [3.05, 3.63) is 49.7 Å². The highest BCUT2D eigenvalue weighted by atomic mass is 35.5. The molecule has 5 rings (SSSR count). The first kappa shape index (κ1) is 24.4. The molecule has 2 aromatic heterocycles. The minimum atomic E-state index is -0.130. The summed E-state index contributed by atoms with van der Waals surface area (Å²) in [6, 6.07) is 7.37. The first-order chi connectivity index (χ1) is 15.5. The monoisotopic (exact) mass is 524 g/mol. The maximum atomic E-state index is 13.0. The molecule has 0 spiro atoms. The van der Waals surface area contributed by atoms with Gasteiger partial charge in [0.25, 0.3) is 11.8 Å². The lowest BCUT2D eigenvalue weighted by Crippen LogP contribution is -2.53. The summed E-state index contributed by atoms with van der Waals surface area (Å²) in [5.41, 5.74) is 1.05. The molecule has 0 bridgehead atoms. The van der Waals surface area contributed by atoms with E-state index in [0.29, 0.717) is 14.9 Å². The van der Waals surface area contributed by atoms with Gasteiger partial charge in [0.1, 0.15) is 0 Å². The Hall–Kier alpha value is -1.71. The number of likely N-dealkylation sites (N-methyl/N-ethyl adjacent to an activating group) is 1. The Morgan fingerprint density at radius 3 is 2.58 bits per heavy atom. The van der Waals surface area contributed by atoms with Gasteiger partial charge in [-0.25, -0.2) is 4.98 Å². The van der Waals surface area contributed by atoms with Crippen molar-refractivity contribution in [3.63, 3.8) is 0 Å². The lowest BCUT2D eigenvalue weighted by molar-refractivity contribution is 0.0864. The van der Waals surface area contributed by atoms with Crippen LogP contribution in [0.1, 0.15) is 55.7 Å². The number of thiophene rings is 1. The molecule has 3 heterocycles. The van der Waals surface area contributed by atoms with Crippen LogP contribution in [0.15, 0.2) is 24.3 Å². The van der Waals surface area contributed by atoms with Crippen molar-refractivity contribution < 1.29 is 9.59 Å². The lowest BCUT2D eigenvalue weighted by Gasteiger charge is -2.32. The molecule has 1 saturated carbocycles. The van der Waals surface area contributed by atoms with Gasteiger partial charge in [-0.1, -0.05) is 30.5 Å². The van der Waals surface area contributed by atoms with Gasteiger partial charge in [0.2, 0.25) is 0 Å². The highest BCUT2D eigenvalue weighted by molar-refractivity contribution is 7.20. The first-order valence-electron chi connectivity index (χ1n) is 10.9. The van der Waals surface area contributed by atoms with Crippen LogP contribution < -0.4 is 10.6 Å². The molecule has 0 radical (unpaired) electrons. The molecule has 2 atom stereocenters. The van der Waals surface area contributed by atoms with Crippen molar-refractivity contribution >= 4 is 68.6 Å². The number of benzene rings is 1. The molecule has 1 aromatic carbocycles. The number of hydrogen-bond acceptors (Lipinski definition) is 6. The van der Waals surface area contributed by atoms with E-state index in [1.54, 1.807) is 0 Å². The van der Waals surface area contributed by atoms with Gasteiger partial charge in [-0.05, 0) is 43.5 Å². The number of carbonyl (C=O) groups excluding carboxylic acids is 2. The third-order valence-corrected chi connectivity index (χ3v) is 8.63. The number of thiazole rings is 1. The van der Waals surface area contributed by atoms with Gasteiger partial charge in [-0.3, -0.25) is 9.59 Å². The number of aromatic nitrogens is 1. The fourth-order valence-corrected chi connectivity index (χ4v) is 6.82. The van der Waals surface area contributed by atoms with Crippen molar-refractivity contribution in [3.8, 4) is 0 Å². The molecule has 2 aliphatic rings. The van der Waals surface area contributed by atoms with E-state index in [-0.39, 0.29) is 36.3 Å². The van der Waals surface area contributed by atoms with E-state index in [9.17, 15) is 9.59 Å². The van der Waals surface area contributed by atoms with E-state index >= 15 is 0 Å². The number of amides is 2. The van der Waals surface area contributed by atoms with Crippen LogP contribution in [-0.2, 0) is 13.0 Å². The van der Waals surface area contributed by atoms with Gasteiger partial charge < -0.3 is 15.5 Å². The second-order valence-corrected chi connectivity index (χ2v) is 11.2. The molecule has 0 saturated heterocycles. The maximum absolute atomic E-state index is 13.0. The predicted octanol–water partition coefficient (Wildman–Crippen LogP) is 4.89. The van der Waals surface area contributed by atoms with Crippen molar-refractivity contribution in [2.24, 2.45) is 0 Å². The standard InChI is InChI=1S/C23H25ClN4O2S2.ClH/c1-28-9-8-17-20(12-28)32-23(27-17)22(30)26-16-5-3-2-4-15(16)25-21(29)19-10-13-6-7-14(24)11-18(13)31-19;/h6-7,10-11,15-16H,2-5,8-9,12H2,1H3,(H,25,29)(H,26,30);1H. The predicted molar refractivity (Wildman–Crippen MR) is 137 cm³/mol. The number of nitrogens with one attached hydrogen (secondary N) is 2. The van der Waals surface area contributed by atoms with Gasteiger partial charge in [0.15, 0.2) is 5.01 Å². The van der Waals surface area contributed by atoms with Crippen molar-refractivity contribution in [2.75, 3.05) is 13.6 Å². The number of carbonyl (C=O) groups is 2. The highest BCUT2D eigenvalue weighted by Crippen LogP contribution is 2.29. The lowest BCUT2D eigenvalue weighted by atomic mass is 9.90. The molecule has 1 fully saturated rings. The smallest absolute Gasteiger partial charge is 0.280 e. The van der Waals surface area contributed by atoms with Crippen molar-refractivity contribution in [1.82, 2.24) is 20.5 Å². The minimum absolute atomic E-state index is 0. The largest absolute Gasteiger partial charge is 0.347 e. The average Bonchev–Trinajstić information content (AvgIpc) is 3.38. The van der Waals surface area contributed by atoms with Gasteiger partial charge in [0.05, 0.1) is 10.6 Å². The molecule has 2 unspecified atom stereocenters. The Morgan fingerprint density at radius 2 is 1.82 bits per heavy atom. The molecule has 1 aliphatic heterocycles. The molecule has 3 aromatic rings. The second kappa shape index (κ2) is 10.3. The zero-order valence-electron chi connectivity index (χ0n) is 18.2. The van der Waals surface area contributed by atoms with Crippen LogP contribution in [0.25, 0.3) is 10.1 Å². The van der Waals surface area contributed by atoms with Crippen LogP contribution in [0, 0.1) is 0 Å². The number of nitrogens with zero attached hydrogens (tertiary/aromatic N) is 2. The normalized spacial score (nSPS) is 20.7. The van der Waals surface area contributed by atoms with Crippen LogP contribution in [0.4, 0.5) is 0 Å². The zero-order valence-corrected chi connectivity index (χ0v) is 21.4. The second-order valence-electron chi connectivity index (χ2n) is 8.61. The van der Waals surface area contributed by atoms with E-state index in [0.717, 1.165) is 61.0 Å².